The van der Waals surface area contributed by atoms with Crippen molar-refractivity contribution in [3.63, 3.8) is 0 Å². The zero-order valence-electron chi connectivity index (χ0n) is 9.77. The van der Waals surface area contributed by atoms with Gasteiger partial charge in [0.25, 0.3) is 0 Å². The second-order valence-corrected chi connectivity index (χ2v) is 4.57. The number of benzene rings is 2. The average molecular weight is 303 g/mol. The molecule has 4 heteroatoms. The number of anilines is 2. The standard InChI is InChI=1S/C14H11BrN2O/c1-18-13-6-4-12(5-7-13)17-14-8-11(15)3-2-10(14)9-16/h2-8,17H,1H3. The van der Waals surface area contributed by atoms with E-state index in [0.717, 1.165) is 21.6 Å². The molecule has 0 saturated heterocycles. The minimum absolute atomic E-state index is 0.606. The minimum atomic E-state index is 0.606. The third kappa shape index (κ3) is 2.82. The zero-order chi connectivity index (χ0) is 13.0. The van der Waals surface area contributed by atoms with Gasteiger partial charge in [0.2, 0.25) is 0 Å². The lowest BCUT2D eigenvalue weighted by Gasteiger charge is -2.09. The third-order valence-corrected chi connectivity index (χ3v) is 2.96. The second kappa shape index (κ2) is 5.56. The first-order chi connectivity index (χ1) is 8.72. The molecule has 0 spiro atoms. The van der Waals surface area contributed by atoms with Gasteiger partial charge in [-0.15, -0.1) is 0 Å². The Morgan fingerprint density at radius 1 is 1.17 bits per heavy atom. The monoisotopic (exact) mass is 302 g/mol. The Balaban J connectivity index is 2.27. The molecule has 0 aromatic heterocycles. The van der Waals surface area contributed by atoms with E-state index in [1.165, 1.54) is 0 Å². The van der Waals surface area contributed by atoms with Crippen molar-refractivity contribution < 1.29 is 4.74 Å². The van der Waals surface area contributed by atoms with E-state index < -0.39 is 0 Å². The highest BCUT2D eigenvalue weighted by molar-refractivity contribution is 9.10. The third-order valence-electron chi connectivity index (χ3n) is 2.47. The summed E-state index contributed by atoms with van der Waals surface area (Å²) in [6, 6.07) is 15.2. The predicted molar refractivity (Wildman–Crippen MR) is 75.1 cm³/mol. The van der Waals surface area contributed by atoms with Gasteiger partial charge in [-0.25, -0.2) is 0 Å². The maximum atomic E-state index is 9.04. The van der Waals surface area contributed by atoms with E-state index in [1.54, 1.807) is 13.2 Å². The smallest absolute Gasteiger partial charge is 0.119 e. The average Bonchev–Trinajstić information content (AvgIpc) is 2.40. The topological polar surface area (TPSA) is 45.0 Å². The normalized spacial score (nSPS) is 9.61. The number of ether oxygens (including phenoxy) is 1. The molecule has 0 heterocycles. The summed E-state index contributed by atoms with van der Waals surface area (Å²) in [7, 11) is 1.63. The Hall–Kier alpha value is -1.99. The highest BCUT2D eigenvalue weighted by Gasteiger charge is 2.03. The quantitative estimate of drug-likeness (QED) is 0.929. The summed E-state index contributed by atoms with van der Waals surface area (Å²) in [4.78, 5) is 0. The van der Waals surface area contributed by atoms with Gasteiger partial charge in [-0.1, -0.05) is 15.9 Å². The van der Waals surface area contributed by atoms with Crippen molar-refractivity contribution in [1.82, 2.24) is 0 Å². The molecule has 0 amide bonds. The fourth-order valence-electron chi connectivity index (χ4n) is 1.55. The van der Waals surface area contributed by atoms with Gasteiger partial charge in [-0.2, -0.15) is 5.26 Å². The molecule has 0 saturated carbocycles. The molecule has 0 aliphatic carbocycles. The van der Waals surface area contributed by atoms with Crippen molar-refractivity contribution in [2.45, 2.75) is 0 Å². The van der Waals surface area contributed by atoms with Crippen LogP contribution in [-0.2, 0) is 0 Å². The summed E-state index contributed by atoms with van der Waals surface area (Å²) < 4.78 is 6.02. The summed E-state index contributed by atoms with van der Waals surface area (Å²) in [6.07, 6.45) is 0. The number of nitriles is 1. The maximum Gasteiger partial charge on any atom is 0.119 e. The molecule has 0 atom stereocenters. The summed E-state index contributed by atoms with van der Waals surface area (Å²) >= 11 is 3.39. The van der Waals surface area contributed by atoms with E-state index in [4.69, 9.17) is 10.00 Å². The molecule has 0 aliphatic rings. The molecule has 0 radical (unpaired) electrons. The number of hydrogen-bond donors (Lipinski definition) is 1. The van der Waals surface area contributed by atoms with Gasteiger partial charge >= 0.3 is 0 Å². The van der Waals surface area contributed by atoms with Crippen LogP contribution in [0.15, 0.2) is 46.9 Å². The molecule has 90 valence electrons. The van der Waals surface area contributed by atoms with Gasteiger partial charge in [-0.05, 0) is 42.5 Å². The molecule has 18 heavy (non-hydrogen) atoms. The molecule has 0 unspecified atom stereocenters. The lowest BCUT2D eigenvalue weighted by Crippen LogP contribution is -1.93. The highest BCUT2D eigenvalue weighted by Crippen LogP contribution is 2.25. The summed E-state index contributed by atoms with van der Waals surface area (Å²) in [6.45, 7) is 0. The van der Waals surface area contributed by atoms with E-state index in [1.807, 2.05) is 36.4 Å². The van der Waals surface area contributed by atoms with Crippen molar-refractivity contribution in [2.75, 3.05) is 12.4 Å². The van der Waals surface area contributed by atoms with Gasteiger partial charge in [-0.3, -0.25) is 0 Å². The van der Waals surface area contributed by atoms with Gasteiger partial charge < -0.3 is 10.1 Å². The Morgan fingerprint density at radius 3 is 2.50 bits per heavy atom. The first-order valence-corrected chi connectivity index (χ1v) is 6.13. The molecular weight excluding hydrogens is 292 g/mol. The number of nitrogens with zero attached hydrogens (tertiary/aromatic N) is 1. The summed E-state index contributed by atoms with van der Waals surface area (Å²) in [5, 5.41) is 12.3. The largest absolute Gasteiger partial charge is 0.497 e. The van der Waals surface area contributed by atoms with Crippen molar-refractivity contribution in [3.05, 3.63) is 52.5 Å². The van der Waals surface area contributed by atoms with Crippen LogP contribution in [0.1, 0.15) is 5.56 Å². The fraction of sp³-hybridized carbons (Fsp3) is 0.0714. The second-order valence-electron chi connectivity index (χ2n) is 3.66. The number of hydrogen-bond acceptors (Lipinski definition) is 3. The number of halogens is 1. The molecule has 1 N–H and O–H groups in total. The van der Waals surface area contributed by atoms with Crippen LogP contribution in [0.2, 0.25) is 0 Å². The fourth-order valence-corrected chi connectivity index (χ4v) is 1.91. The number of nitrogens with one attached hydrogen (secondary N) is 1. The summed E-state index contributed by atoms with van der Waals surface area (Å²) in [5.41, 5.74) is 2.29. The molecule has 0 fully saturated rings. The van der Waals surface area contributed by atoms with E-state index in [2.05, 4.69) is 27.3 Å². The zero-order valence-corrected chi connectivity index (χ0v) is 11.4. The predicted octanol–water partition coefficient (Wildman–Crippen LogP) is 4.07. The molecule has 2 aromatic carbocycles. The van der Waals surface area contributed by atoms with Crippen LogP contribution in [0.4, 0.5) is 11.4 Å². The van der Waals surface area contributed by atoms with Crippen molar-refractivity contribution in [1.29, 1.82) is 5.26 Å². The maximum absolute atomic E-state index is 9.04. The lowest BCUT2D eigenvalue weighted by molar-refractivity contribution is 0.415. The first-order valence-electron chi connectivity index (χ1n) is 5.33. The Kier molecular flexibility index (Phi) is 3.85. The van der Waals surface area contributed by atoms with E-state index in [0.29, 0.717) is 5.56 Å². The van der Waals surface area contributed by atoms with Crippen molar-refractivity contribution in [2.24, 2.45) is 0 Å². The van der Waals surface area contributed by atoms with Crippen LogP contribution in [-0.4, -0.2) is 7.11 Å². The molecule has 2 aromatic rings. The SMILES string of the molecule is COc1ccc(Nc2cc(Br)ccc2C#N)cc1. The van der Waals surface area contributed by atoms with E-state index in [-0.39, 0.29) is 0 Å². The summed E-state index contributed by atoms with van der Waals surface area (Å²) in [5.74, 6) is 0.801. The van der Waals surface area contributed by atoms with Crippen LogP contribution >= 0.6 is 15.9 Å². The van der Waals surface area contributed by atoms with E-state index in [9.17, 15) is 0 Å². The van der Waals surface area contributed by atoms with Crippen molar-refractivity contribution in [3.8, 4) is 11.8 Å². The minimum Gasteiger partial charge on any atom is -0.497 e. The molecular formula is C14H11BrN2O. The van der Waals surface area contributed by atoms with Crippen molar-refractivity contribution >= 4 is 27.3 Å². The van der Waals surface area contributed by atoms with Crippen LogP contribution < -0.4 is 10.1 Å². The molecule has 2 rings (SSSR count). The lowest BCUT2D eigenvalue weighted by atomic mass is 10.2. The molecule has 0 aliphatic heterocycles. The highest BCUT2D eigenvalue weighted by atomic mass is 79.9. The molecule has 3 nitrogen and oxygen atoms in total. The van der Waals surface area contributed by atoms with Crippen LogP contribution in [0.25, 0.3) is 0 Å². The Morgan fingerprint density at radius 2 is 1.89 bits per heavy atom. The van der Waals surface area contributed by atoms with Crippen LogP contribution in [0.5, 0.6) is 5.75 Å². The van der Waals surface area contributed by atoms with Gasteiger partial charge in [0.1, 0.15) is 11.8 Å². The van der Waals surface area contributed by atoms with Gasteiger partial charge in [0, 0.05) is 10.2 Å². The first kappa shape index (κ1) is 12.5. The van der Waals surface area contributed by atoms with Crippen LogP contribution in [0.3, 0.4) is 0 Å². The number of rotatable bonds is 3. The Labute approximate surface area is 114 Å². The van der Waals surface area contributed by atoms with Crippen LogP contribution in [0, 0.1) is 11.3 Å². The number of methoxy groups -OCH3 is 1. The van der Waals surface area contributed by atoms with Gasteiger partial charge in [0.15, 0.2) is 0 Å². The van der Waals surface area contributed by atoms with E-state index >= 15 is 0 Å². The molecule has 0 bridgehead atoms. The Bertz CT molecular complexity index is 588. The van der Waals surface area contributed by atoms with Gasteiger partial charge in [0.05, 0.1) is 18.4 Å².